The van der Waals surface area contributed by atoms with Crippen molar-refractivity contribution in [2.24, 2.45) is 4.36 Å². The van der Waals surface area contributed by atoms with E-state index >= 15 is 0 Å². The highest BCUT2D eigenvalue weighted by atomic mass is 35.5. The van der Waals surface area contributed by atoms with Gasteiger partial charge in [-0.25, -0.2) is 0 Å². The van der Waals surface area contributed by atoms with E-state index in [1.165, 1.54) is 0 Å². The molecular weight excluding hydrogens is 486 g/mol. The molecule has 4 aromatic rings. The molecule has 0 aliphatic heterocycles. The van der Waals surface area contributed by atoms with Crippen molar-refractivity contribution in [3.8, 4) is 0 Å². The second-order valence-electron chi connectivity index (χ2n) is 7.81. The molecule has 4 rings (SSSR count). The minimum Gasteiger partial charge on any atom is -0.467 e. The SMILES string of the molecule is Nc1c(Cl)c(Cc2ccccc2)c(NCc2ccco2)c(C(=O)N=S(=O)=O)c1Cc1ccccc1. The van der Waals surface area contributed by atoms with Crippen LogP contribution in [0.2, 0.25) is 5.02 Å². The van der Waals surface area contributed by atoms with Gasteiger partial charge in [0.1, 0.15) is 5.76 Å². The van der Waals surface area contributed by atoms with Crippen LogP contribution in [0.3, 0.4) is 0 Å². The van der Waals surface area contributed by atoms with E-state index in [1.54, 1.807) is 18.4 Å². The molecule has 0 unspecified atom stereocenters. The number of carbonyl (C=O) groups is 1. The van der Waals surface area contributed by atoms with Crippen LogP contribution in [0.4, 0.5) is 11.4 Å². The number of nitrogens with two attached hydrogens (primary N) is 1. The van der Waals surface area contributed by atoms with Crippen LogP contribution in [0.25, 0.3) is 0 Å². The fourth-order valence-electron chi connectivity index (χ4n) is 3.92. The number of halogens is 1. The molecule has 35 heavy (non-hydrogen) atoms. The Labute approximate surface area is 209 Å². The first kappa shape index (κ1) is 24.3. The van der Waals surface area contributed by atoms with Crippen molar-refractivity contribution in [2.45, 2.75) is 19.4 Å². The largest absolute Gasteiger partial charge is 0.467 e. The second-order valence-corrected chi connectivity index (χ2v) is 8.80. The summed E-state index contributed by atoms with van der Waals surface area (Å²) in [5.41, 5.74) is 9.91. The second kappa shape index (κ2) is 11.0. The van der Waals surface area contributed by atoms with Gasteiger partial charge in [-0.1, -0.05) is 76.6 Å². The van der Waals surface area contributed by atoms with E-state index in [0.717, 1.165) is 11.1 Å². The minimum atomic E-state index is -2.94. The van der Waals surface area contributed by atoms with Gasteiger partial charge in [0.2, 0.25) is 0 Å². The fraction of sp³-hybridized carbons (Fsp3) is 0.115. The summed E-state index contributed by atoms with van der Waals surface area (Å²) in [6.07, 6.45) is 2.16. The van der Waals surface area contributed by atoms with Gasteiger partial charge in [-0.05, 0) is 28.8 Å². The molecule has 0 saturated heterocycles. The minimum absolute atomic E-state index is 0.0671. The maximum absolute atomic E-state index is 13.2. The normalized spacial score (nSPS) is 10.7. The zero-order valence-electron chi connectivity index (χ0n) is 18.6. The monoisotopic (exact) mass is 507 g/mol. The van der Waals surface area contributed by atoms with E-state index in [-0.39, 0.29) is 24.2 Å². The summed E-state index contributed by atoms with van der Waals surface area (Å²) in [4.78, 5) is 13.2. The smallest absolute Gasteiger partial charge is 0.319 e. The molecule has 3 aromatic carbocycles. The third-order valence-corrected chi connectivity index (χ3v) is 6.26. The van der Waals surface area contributed by atoms with E-state index in [9.17, 15) is 13.2 Å². The molecule has 0 aliphatic carbocycles. The standard InChI is InChI=1S/C26H22ClN3O4S/c27-23-21(15-18-10-5-2-6-11-18)25(29-16-19-12-7-13-34-19)22(26(31)30-35(32)33)20(24(23)28)14-17-8-3-1-4-9-17/h1-13,29H,14-16,28H2. The number of rotatable bonds is 8. The van der Waals surface area contributed by atoms with Crippen LogP contribution in [-0.2, 0) is 29.9 Å². The van der Waals surface area contributed by atoms with Crippen molar-refractivity contribution in [3.05, 3.63) is 118 Å². The lowest BCUT2D eigenvalue weighted by molar-refractivity contribution is 0.100. The van der Waals surface area contributed by atoms with E-state index < -0.39 is 16.4 Å². The van der Waals surface area contributed by atoms with Gasteiger partial charge < -0.3 is 15.5 Å². The van der Waals surface area contributed by atoms with Crippen molar-refractivity contribution in [1.29, 1.82) is 0 Å². The van der Waals surface area contributed by atoms with E-state index in [4.69, 9.17) is 21.8 Å². The highest BCUT2D eigenvalue weighted by molar-refractivity contribution is 7.62. The summed E-state index contributed by atoms with van der Waals surface area (Å²) in [5.74, 6) is -0.306. The maximum Gasteiger partial charge on any atom is 0.319 e. The summed E-state index contributed by atoms with van der Waals surface area (Å²) < 4.78 is 31.4. The lowest BCUT2D eigenvalue weighted by Gasteiger charge is -2.22. The van der Waals surface area contributed by atoms with Crippen LogP contribution in [0.1, 0.15) is 38.4 Å². The van der Waals surface area contributed by atoms with Gasteiger partial charge in [-0.15, -0.1) is 0 Å². The third kappa shape index (κ3) is 5.79. The molecule has 0 fully saturated rings. The van der Waals surface area contributed by atoms with Crippen LogP contribution in [-0.4, -0.2) is 14.3 Å². The Morgan fingerprint density at radius 3 is 2.06 bits per heavy atom. The van der Waals surface area contributed by atoms with Gasteiger partial charge in [-0.3, -0.25) is 4.79 Å². The zero-order valence-corrected chi connectivity index (χ0v) is 20.1. The van der Waals surface area contributed by atoms with Gasteiger partial charge in [0.05, 0.1) is 34.8 Å². The van der Waals surface area contributed by atoms with E-state index in [1.807, 2.05) is 60.7 Å². The third-order valence-electron chi connectivity index (χ3n) is 5.52. The molecule has 178 valence electrons. The number of nitrogen functional groups attached to an aromatic ring is 1. The molecule has 0 atom stereocenters. The number of hydrogen-bond donors (Lipinski definition) is 2. The van der Waals surface area contributed by atoms with Crippen LogP contribution in [0.15, 0.2) is 87.8 Å². The average molecular weight is 508 g/mol. The van der Waals surface area contributed by atoms with Crippen LogP contribution >= 0.6 is 11.6 Å². The van der Waals surface area contributed by atoms with Gasteiger partial charge in [0, 0.05) is 18.4 Å². The summed E-state index contributed by atoms with van der Waals surface area (Å²) >= 11 is 6.81. The van der Waals surface area contributed by atoms with Crippen molar-refractivity contribution in [2.75, 3.05) is 11.1 Å². The van der Waals surface area contributed by atoms with Crippen LogP contribution in [0, 0.1) is 0 Å². The first-order valence-electron chi connectivity index (χ1n) is 10.8. The maximum atomic E-state index is 13.2. The highest BCUT2D eigenvalue weighted by Gasteiger charge is 2.26. The Kier molecular flexibility index (Phi) is 7.64. The number of hydrogen-bond acceptors (Lipinski definition) is 6. The lowest BCUT2D eigenvalue weighted by Crippen LogP contribution is -2.15. The Morgan fingerprint density at radius 1 is 0.914 bits per heavy atom. The Morgan fingerprint density at radius 2 is 1.51 bits per heavy atom. The molecule has 1 aromatic heterocycles. The quantitative estimate of drug-likeness (QED) is 0.304. The van der Waals surface area contributed by atoms with Gasteiger partial charge in [0.15, 0.2) is 0 Å². The Hall–Kier alpha value is -3.88. The Balaban J connectivity index is 1.95. The summed E-state index contributed by atoms with van der Waals surface area (Å²) in [6, 6.07) is 22.5. The predicted molar refractivity (Wildman–Crippen MR) is 136 cm³/mol. The number of furan rings is 1. The molecular formula is C26H22ClN3O4S. The molecule has 1 heterocycles. The molecule has 0 radical (unpaired) electrons. The zero-order chi connectivity index (χ0) is 24.8. The predicted octanol–water partition coefficient (Wildman–Crippen LogP) is 5.51. The molecule has 3 N–H and O–H groups in total. The van der Waals surface area contributed by atoms with Gasteiger partial charge >= 0.3 is 10.5 Å². The fourth-order valence-corrected chi connectivity index (χ4v) is 4.43. The first-order valence-corrected chi connectivity index (χ1v) is 12.2. The molecule has 0 aliphatic rings. The number of carbonyl (C=O) groups excluding carboxylic acids is 1. The van der Waals surface area contributed by atoms with Crippen molar-refractivity contribution in [1.82, 2.24) is 0 Å². The van der Waals surface area contributed by atoms with E-state index in [0.29, 0.717) is 34.0 Å². The van der Waals surface area contributed by atoms with Gasteiger partial charge in [0.25, 0.3) is 5.91 Å². The number of nitrogens with one attached hydrogen (secondary N) is 1. The van der Waals surface area contributed by atoms with Crippen LogP contribution in [0.5, 0.6) is 0 Å². The lowest BCUT2D eigenvalue weighted by atomic mass is 9.90. The Bertz CT molecular complexity index is 1460. The number of benzene rings is 3. The molecule has 9 heteroatoms. The number of anilines is 2. The first-order chi connectivity index (χ1) is 16.9. The average Bonchev–Trinajstić information content (AvgIpc) is 3.37. The van der Waals surface area contributed by atoms with Crippen molar-refractivity contribution < 1.29 is 17.6 Å². The molecule has 0 saturated carbocycles. The molecule has 0 spiro atoms. The number of amides is 1. The van der Waals surface area contributed by atoms with Crippen molar-refractivity contribution in [3.63, 3.8) is 0 Å². The summed E-state index contributed by atoms with van der Waals surface area (Å²) in [6.45, 7) is 0.237. The van der Waals surface area contributed by atoms with Crippen LogP contribution < -0.4 is 11.1 Å². The summed E-state index contributed by atoms with van der Waals surface area (Å²) in [7, 11) is -2.94. The topological polar surface area (TPSA) is 115 Å². The molecule has 1 amide bonds. The van der Waals surface area contributed by atoms with Gasteiger partial charge in [-0.2, -0.15) is 8.42 Å². The number of nitrogens with zero attached hydrogens (tertiary/aromatic N) is 1. The summed E-state index contributed by atoms with van der Waals surface area (Å²) in [5, 5.41) is 3.53. The highest BCUT2D eigenvalue weighted by Crippen LogP contribution is 2.40. The van der Waals surface area contributed by atoms with Crippen molar-refractivity contribution >= 4 is 39.4 Å². The molecule has 7 nitrogen and oxygen atoms in total. The van der Waals surface area contributed by atoms with E-state index in [2.05, 4.69) is 9.68 Å². The molecule has 0 bridgehead atoms.